The van der Waals surface area contributed by atoms with E-state index in [0.29, 0.717) is 24.2 Å². The van der Waals surface area contributed by atoms with E-state index in [1.807, 2.05) is 13.0 Å². The number of nitrogens with zero attached hydrogens (tertiary/aromatic N) is 2. The minimum atomic E-state index is -0.929. The maximum absolute atomic E-state index is 13.1. The fraction of sp³-hybridized carbons (Fsp3) is 0.333. The Balaban J connectivity index is 0.00000364. The molecule has 148 valence electrons. The van der Waals surface area contributed by atoms with Crippen LogP contribution in [0.2, 0.25) is 5.15 Å². The highest BCUT2D eigenvalue weighted by Crippen LogP contribution is 2.14. The first-order chi connectivity index (χ1) is 12.6. The maximum atomic E-state index is 13.1. The van der Waals surface area contributed by atoms with E-state index >= 15 is 0 Å². The molecule has 9 heteroatoms. The van der Waals surface area contributed by atoms with Gasteiger partial charge in [-0.25, -0.2) is 13.8 Å². The third kappa shape index (κ3) is 8.70. The largest absolute Gasteiger partial charge is 0.492 e. The molecule has 2 N–H and O–H groups in total. The van der Waals surface area contributed by atoms with E-state index in [4.69, 9.17) is 16.3 Å². The first-order valence-corrected chi connectivity index (χ1v) is 8.66. The minimum absolute atomic E-state index is 0. The lowest BCUT2D eigenvalue weighted by Crippen LogP contribution is -2.39. The van der Waals surface area contributed by atoms with E-state index in [1.165, 1.54) is 6.07 Å². The minimum Gasteiger partial charge on any atom is -0.492 e. The molecular weight excluding hydrogens is 489 g/mol. The van der Waals surface area contributed by atoms with Crippen LogP contribution in [0.1, 0.15) is 12.5 Å². The zero-order valence-electron chi connectivity index (χ0n) is 14.8. The number of guanidine groups is 1. The summed E-state index contributed by atoms with van der Waals surface area (Å²) in [6.45, 7) is 4.03. The molecule has 0 radical (unpaired) electrons. The molecule has 0 bridgehead atoms. The van der Waals surface area contributed by atoms with Crippen LogP contribution in [0.5, 0.6) is 5.75 Å². The van der Waals surface area contributed by atoms with Gasteiger partial charge in [0.2, 0.25) is 0 Å². The van der Waals surface area contributed by atoms with Gasteiger partial charge in [0.15, 0.2) is 17.6 Å². The summed E-state index contributed by atoms with van der Waals surface area (Å²) in [5.74, 6) is -0.888. The standard InChI is InChI=1S/C18H21ClF2N4O.HI/c1-2-22-18(23-8-7-13-3-6-17(19)25-12-13)24-9-10-26-14-4-5-15(20)16(21)11-14;/h3-6,11-12H,2,7-10H2,1H3,(H2,22,23,24);1H. The van der Waals surface area contributed by atoms with E-state index in [0.717, 1.165) is 30.7 Å². The second-order valence-corrected chi connectivity index (χ2v) is 5.74. The van der Waals surface area contributed by atoms with Crippen LogP contribution < -0.4 is 15.4 Å². The molecule has 0 atom stereocenters. The fourth-order valence-corrected chi connectivity index (χ4v) is 2.21. The molecule has 0 fully saturated rings. The highest BCUT2D eigenvalue weighted by Gasteiger charge is 2.03. The van der Waals surface area contributed by atoms with Crippen molar-refractivity contribution in [3.05, 3.63) is 58.9 Å². The molecule has 1 aromatic heterocycles. The van der Waals surface area contributed by atoms with Crippen LogP contribution in [0.3, 0.4) is 0 Å². The van der Waals surface area contributed by atoms with Gasteiger partial charge in [0.05, 0.1) is 6.54 Å². The van der Waals surface area contributed by atoms with Crippen LogP contribution in [-0.4, -0.2) is 37.2 Å². The van der Waals surface area contributed by atoms with Gasteiger partial charge < -0.3 is 15.4 Å². The molecule has 1 aromatic carbocycles. The Kier molecular flexibility index (Phi) is 11.0. The summed E-state index contributed by atoms with van der Waals surface area (Å²) < 4.78 is 31.4. The van der Waals surface area contributed by atoms with E-state index in [2.05, 4.69) is 20.6 Å². The zero-order chi connectivity index (χ0) is 18.8. The van der Waals surface area contributed by atoms with Gasteiger partial charge in [-0.05, 0) is 37.1 Å². The van der Waals surface area contributed by atoms with Gasteiger partial charge in [0, 0.05) is 25.4 Å². The van der Waals surface area contributed by atoms with Crippen LogP contribution in [0, 0.1) is 11.6 Å². The van der Waals surface area contributed by atoms with Gasteiger partial charge in [0.25, 0.3) is 0 Å². The topological polar surface area (TPSA) is 58.5 Å². The Bertz CT molecular complexity index is 732. The highest BCUT2D eigenvalue weighted by atomic mass is 127. The zero-order valence-corrected chi connectivity index (χ0v) is 17.9. The van der Waals surface area contributed by atoms with Crippen LogP contribution in [0.15, 0.2) is 41.5 Å². The molecule has 1 heterocycles. The summed E-state index contributed by atoms with van der Waals surface area (Å²) >= 11 is 5.76. The molecule has 2 aromatic rings. The van der Waals surface area contributed by atoms with Gasteiger partial charge in [-0.2, -0.15) is 0 Å². The summed E-state index contributed by atoms with van der Waals surface area (Å²) in [7, 11) is 0. The average molecular weight is 511 g/mol. The third-order valence-electron chi connectivity index (χ3n) is 3.36. The van der Waals surface area contributed by atoms with Crippen molar-refractivity contribution in [2.24, 2.45) is 4.99 Å². The summed E-state index contributed by atoms with van der Waals surface area (Å²) in [5, 5.41) is 6.72. The maximum Gasteiger partial charge on any atom is 0.191 e. The molecule has 2 rings (SSSR count). The number of nitrogens with one attached hydrogen (secondary N) is 2. The van der Waals surface area contributed by atoms with Crippen molar-refractivity contribution in [2.45, 2.75) is 13.3 Å². The molecule has 0 saturated heterocycles. The van der Waals surface area contributed by atoms with Crippen molar-refractivity contribution in [3.8, 4) is 5.75 Å². The second-order valence-electron chi connectivity index (χ2n) is 5.35. The second kappa shape index (κ2) is 12.7. The van der Waals surface area contributed by atoms with E-state index in [9.17, 15) is 8.78 Å². The first kappa shape index (κ1) is 23.4. The van der Waals surface area contributed by atoms with Gasteiger partial charge in [0.1, 0.15) is 17.5 Å². The number of benzene rings is 1. The van der Waals surface area contributed by atoms with Crippen molar-refractivity contribution >= 4 is 41.5 Å². The summed E-state index contributed by atoms with van der Waals surface area (Å²) in [6.07, 6.45) is 2.47. The molecule has 0 aliphatic heterocycles. The Morgan fingerprint density at radius 2 is 2.00 bits per heavy atom. The average Bonchev–Trinajstić information content (AvgIpc) is 2.63. The molecule has 0 unspecified atom stereocenters. The van der Waals surface area contributed by atoms with Crippen LogP contribution in [0.25, 0.3) is 0 Å². The van der Waals surface area contributed by atoms with Crippen molar-refractivity contribution in [1.82, 2.24) is 15.6 Å². The molecule has 0 aliphatic carbocycles. The van der Waals surface area contributed by atoms with E-state index < -0.39 is 11.6 Å². The summed E-state index contributed by atoms with van der Waals surface area (Å²) in [5.41, 5.74) is 1.05. The number of hydrogen-bond donors (Lipinski definition) is 2. The number of ether oxygens (including phenoxy) is 1. The number of pyridine rings is 1. The van der Waals surface area contributed by atoms with E-state index in [-0.39, 0.29) is 36.3 Å². The molecule has 0 spiro atoms. The molecular formula is C18H22ClF2IN4O. The smallest absolute Gasteiger partial charge is 0.191 e. The normalized spacial score (nSPS) is 10.9. The van der Waals surface area contributed by atoms with Crippen LogP contribution >= 0.6 is 35.6 Å². The number of halogens is 4. The summed E-state index contributed by atoms with van der Waals surface area (Å²) in [4.78, 5) is 8.50. The predicted octanol–water partition coefficient (Wildman–Crippen LogP) is 3.81. The fourth-order valence-electron chi connectivity index (χ4n) is 2.10. The Morgan fingerprint density at radius 1 is 1.19 bits per heavy atom. The number of aliphatic imine (C=N–C) groups is 1. The van der Waals surface area contributed by atoms with Crippen molar-refractivity contribution < 1.29 is 13.5 Å². The molecule has 0 aliphatic rings. The van der Waals surface area contributed by atoms with Crippen molar-refractivity contribution in [3.63, 3.8) is 0 Å². The summed E-state index contributed by atoms with van der Waals surface area (Å²) in [6, 6.07) is 7.11. The molecule has 27 heavy (non-hydrogen) atoms. The number of hydrogen-bond acceptors (Lipinski definition) is 3. The van der Waals surface area contributed by atoms with Gasteiger partial charge in [-0.15, -0.1) is 24.0 Å². The van der Waals surface area contributed by atoms with Crippen LogP contribution in [0.4, 0.5) is 8.78 Å². The predicted molar refractivity (Wildman–Crippen MR) is 114 cm³/mol. The quantitative estimate of drug-likeness (QED) is 0.186. The van der Waals surface area contributed by atoms with Crippen LogP contribution in [-0.2, 0) is 6.42 Å². The van der Waals surface area contributed by atoms with Crippen molar-refractivity contribution in [1.29, 1.82) is 0 Å². The highest BCUT2D eigenvalue weighted by molar-refractivity contribution is 14.0. The molecule has 0 amide bonds. The first-order valence-electron chi connectivity index (χ1n) is 8.29. The number of rotatable bonds is 8. The van der Waals surface area contributed by atoms with Gasteiger partial charge >= 0.3 is 0 Å². The van der Waals surface area contributed by atoms with Gasteiger partial charge in [-0.1, -0.05) is 17.7 Å². The van der Waals surface area contributed by atoms with Crippen molar-refractivity contribution in [2.75, 3.05) is 26.2 Å². The SMILES string of the molecule is CCNC(=NCCc1ccc(Cl)nc1)NCCOc1ccc(F)c(F)c1.I. The lowest BCUT2D eigenvalue weighted by Gasteiger charge is -2.12. The molecule has 5 nitrogen and oxygen atoms in total. The Morgan fingerprint density at radius 3 is 2.67 bits per heavy atom. The lowest BCUT2D eigenvalue weighted by atomic mass is 10.2. The lowest BCUT2D eigenvalue weighted by molar-refractivity contribution is 0.318. The van der Waals surface area contributed by atoms with E-state index in [1.54, 1.807) is 12.3 Å². The Hall–Kier alpha value is -1.68. The Labute approximate surface area is 179 Å². The number of aromatic nitrogens is 1. The van der Waals surface area contributed by atoms with Gasteiger partial charge in [-0.3, -0.25) is 4.99 Å². The third-order valence-corrected chi connectivity index (χ3v) is 3.58. The monoisotopic (exact) mass is 510 g/mol. The molecule has 0 saturated carbocycles.